The Balaban J connectivity index is 1.11. The summed E-state index contributed by atoms with van der Waals surface area (Å²) in [6.07, 6.45) is 0. The number of aromatic nitrogens is 4. The lowest BCUT2D eigenvalue weighted by Gasteiger charge is -2.11. The number of para-hydroxylation sites is 4. The summed E-state index contributed by atoms with van der Waals surface area (Å²) in [6, 6.07) is 25.8. The minimum Gasteiger partial charge on any atom is -0.493 e. The lowest BCUT2D eigenvalue weighted by molar-refractivity contribution is 0.0992. The normalized spacial score (nSPS) is 12.0. The number of hydrogen-bond donors (Lipinski definition) is 4. The molecule has 4 heterocycles. The van der Waals surface area contributed by atoms with Crippen molar-refractivity contribution >= 4 is 67.9 Å². The van der Waals surface area contributed by atoms with Crippen LogP contribution in [0, 0.1) is 27.7 Å². The van der Waals surface area contributed by atoms with Crippen molar-refractivity contribution in [2.24, 2.45) is 31.9 Å². The van der Waals surface area contributed by atoms with Crippen molar-refractivity contribution in [2.75, 3.05) is 0 Å². The van der Waals surface area contributed by atoms with Gasteiger partial charge in [0.25, 0.3) is 11.8 Å². The van der Waals surface area contributed by atoms with Crippen molar-refractivity contribution in [3.8, 4) is 22.9 Å². The molecule has 54 heavy (non-hydrogen) atoms. The second-order valence-electron chi connectivity index (χ2n) is 13.0. The lowest BCUT2D eigenvalue weighted by atomic mass is 10.0. The fraction of sp³-hybridized carbons (Fsp3) is 0.100. The van der Waals surface area contributed by atoms with Crippen molar-refractivity contribution < 1.29 is 19.8 Å². The summed E-state index contributed by atoms with van der Waals surface area (Å²) in [5.74, 6) is -1.80. The Hall–Kier alpha value is -7.48. The number of aryl methyl sites for hydroxylation is 2. The first-order valence-corrected chi connectivity index (χ1v) is 16.8. The molecule has 4 aromatic heterocycles. The first kappa shape index (κ1) is 33.7. The number of amides is 2. The van der Waals surface area contributed by atoms with Gasteiger partial charge in [-0.1, -0.05) is 36.4 Å². The summed E-state index contributed by atoms with van der Waals surface area (Å²) < 4.78 is 2.92. The Kier molecular flexibility index (Phi) is 7.87. The number of benzene rings is 4. The van der Waals surface area contributed by atoms with Crippen LogP contribution in [-0.2, 0) is 0 Å². The molecule has 8 rings (SSSR count). The third-order valence-corrected chi connectivity index (χ3v) is 9.61. The maximum atomic E-state index is 12.5. The highest BCUT2D eigenvalue weighted by molar-refractivity contribution is 6.05. The van der Waals surface area contributed by atoms with E-state index in [1.165, 1.54) is 8.80 Å². The fourth-order valence-corrected chi connectivity index (χ4v) is 6.87. The van der Waals surface area contributed by atoms with Crippen molar-refractivity contribution in [3.05, 3.63) is 118 Å². The van der Waals surface area contributed by atoms with E-state index in [-0.39, 0.29) is 45.6 Å². The van der Waals surface area contributed by atoms with E-state index in [1.54, 1.807) is 38.1 Å². The van der Waals surface area contributed by atoms with Crippen molar-refractivity contribution in [1.82, 2.24) is 18.8 Å². The summed E-state index contributed by atoms with van der Waals surface area (Å²) in [5.41, 5.74) is 20.2. The molecule has 0 fully saturated rings. The lowest BCUT2D eigenvalue weighted by Crippen LogP contribution is -2.15. The van der Waals surface area contributed by atoms with Gasteiger partial charge in [0.05, 0.1) is 44.6 Å². The van der Waals surface area contributed by atoms with Crippen molar-refractivity contribution in [3.63, 3.8) is 0 Å². The van der Waals surface area contributed by atoms with Crippen molar-refractivity contribution in [1.29, 1.82) is 0 Å². The second-order valence-corrected chi connectivity index (χ2v) is 13.0. The van der Waals surface area contributed by atoms with Crippen LogP contribution in [0.2, 0.25) is 0 Å². The summed E-state index contributed by atoms with van der Waals surface area (Å²) in [7, 11) is 0. The number of aromatic hydroxyl groups is 2. The number of azo groups is 2. The average molecular weight is 717 g/mol. The molecule has 0 aliphatic carbocycles. The minimum atomic E-state index is -0.692. The van der Waals surface area contributed by atoms with E-state index >= 15 is 0 Å². The average Bonchev–Trinajstić information content (AvgIpc) is 3.71. The van der Waals surface area contributed by atoms with E-state index in [0.29, 0.717) is 44.6 Å². The van der Waals surface area contributed by atoms with Gasteiger partial charge in [-0.15, -0.1) is 10.2 Å². The Bertz CT molecular complexity index is 2780. The molecule has 0 aliphatic rings. The molecule has 0 unspecified atom stereocenters. The number of nitrogens with two attached hydrogens (primary N) is 2. The number of carbonyl (C=O) groups excluding carboxylic acids is 2. The molecule has 0 bridgehead atoms. The molecule has 2 amide bonds. The van der Waals surface area contributed by atoms with Gasteiger partial charge in [-0.25, -0.2) is 9.97 Å². The summed E-state index contributed by atoms with van der Waals surface area (Å²) in [5, 5.41) is 40.3. The number of nitrogens with zero attached hydrogens (tertiary/aromatic N) is 8. The maximum absolute atomic E-state index is 12.5. The van der Waals surface area contributed by atoms with Gasteiger partial charge in [-0.3, -0.25) is 18.4 Å². The predicted molar refractivity (Wildman–Crippen MR) is 205 cm³/mol. The van der Waals surface area contributed by atoms with Crippen LogP contribution in [0.3, 0.4) is 0 Å². The molecular weight excluding hydrogens is 685 g/mol. The molecule has 0 radical (unpaired) electrons. The van der Waals surface area contributed by atoms with E-state index in [4.69, 9.17) is 11.5 Å². The van der Waals surface area contributed by atoms with Crippen LogP contribution in [0.25, 0.3) is 44.5 Å². The maximum Gasteiger partial charge on any atom is 0.252 e. The van der Waals surface area contributed by atoms with E-state index in [0.717, 1.165) is 22.3 Å². The zero-order valence-corrected chi connectivity index (χ0v) is 29.5. The van der Waals surface area contributed by atoms with Gasteiger partial charge in [0.1, 0.15) is 11.4 Å². The molecule has 0 saturated heterocycles. The smallest absolute Gasteiger partial charge is 0.252 e. The van der Waals surface area contributed by atoms with Gasteiger partial charge in [0.15, 0.2) is 11.3 Å². The van der Waals surface area contributed by atoms with Crippen LogP contribution in [0.15, 0.2) is 105 Å². The van der Waals surface area contributed by atoms with Gasteiger partial charge in [-0.2, -0.15) is 10.2 Å². The SMILES string of the molecule is Cc1cc(-c2ccc(N=Nc3c(C)c(C(N)=O)c4nc5ccccc5n4c3O)c(C)c2)ccc1N=Nc1c(C)c(C(N)=O)c2nc3ccccc3n2c1O. The molecule has 4 aromatic carbocycles. The minimum absolute atomic E-state index is 0.107. The Morgan fingerprint density at radius 1 is 0.574 bits per heavy atom. The molecule has 266 valence electrons. The zero-order chi connectivity index (χ0) is 38.0. The molecule has 0 atom stereocenters. The van der Waals surface area contributed by atoms with Crippen LogP contribution in [0.5, 0.6) is 11.8 Å². The Morgan fingerprint density at radius 3 is 1.33 bits per heavy atom. The number of carbonyl (C=O) groups is 2. The highest BCUT2D eigenvalue weighted by Gasteiger charge is 2.25. The third kappa shape index (κ3) is 5.27. The monoisotopic (exact) mass is 716 g/mol. The van der Waals surface area contributed by atoms with Crippen LogP contribution in [-0.4, -0.2) is 40.8 Å². The Labute approximate surface area is 306 Å². The molecule has 8 aromatic rings. The largest absolute Gasteiger partial charge is 0.493 e. The Morgan fingerprint density at radius 2 is 0.963 bits per heavy atom. The predicted octanol–water partition coefficient (Wildman–Crippen LogP) is 8.63. The van der Waals surface area contributed by atoms with Crippen molar-refractivity contribution in [2.45, 2.75) is 27.7 Å². The van der Waals surface area contributed by atoms with Crippen LogP contribution < -0.4 is 11.5 Å². The zero-order valence-electron chi connectivity index (χ0n) is 29.5. The fourth-order valence-electron chi connectivity index (χ4n) is 6.87. The standard InChI is InChI=1S/C40H32N10O4/c1-19-17-23(13-15-25(19)45-47-33-21(3)31(35(41)51)37-43-27-9-5-7-11-29(27)49(37)39(33)53)24-14-16-26(20(2)18-24)46-48-34-22(4)32(36(42)52)38-44-28-10-6-8-12-30(28)50(38)40(34)54/h5-18,53-54H,1-4H3,(H2,41,51)(H2,42,52). The molecule has 0 saturated carbocycles. The van der Waals surface area contributed by atoms with E-state index in [9.17, 15) is 19.8 Å². The number of pyridine rings is 2. The first-order valence-electron chi connectivity index (χ1n) is 16.8. The highest BCUT2D eigenvalue weighted by atomic mass is 16.3. The van der Waals surface area contributed by atoms with E-state index < -0.39 is 11.8 Å². The number of primary amides is 2. The van der Waals surface area contributed by atoms with E-state index in [1.807, 2.05) is 74.5 Å². The van der Waals surface area contributed by atoms with Gasteiger partial charge in [0.2, 0.25) is 11.8 Å². The number of imidazole rings is 2. The summed E-state index contributed by atoms with van der Waals surface area (Å²) in [4.78, 5) is 34.1. The molecular formula is C40H32N10O4. The topological polar surface area (TPSA) is 211 Å². The van der Waals surface area contributed by atoms with Gasteiger partial charge < -0.3 is 21.7 Å². The van der Waals surface area contributed by atoms with Gasteiger partial charge in [-0.05, 0) is 110 Å². The molecule has 6 N–H and O–H groups in total. The highest BCUT2D eigenvalue weighted by Crippen LogP contribution is 2.41. The van der Waals surface area contributed by atoms with Crippen LogP contribution in [0.1, 0.15) is 43.0 Å². The number of rotatable bonds is 7. The third-order valence-electron chi connectivity index (χ3n) is 9.61. The molecule has 0 aliphatic heterocycles. The van der Waals surface area contributed by atoms with Crippen LogP contribution >= 0.6 is 0 Å². The second kappa shape index (κ2) is 12.6. The first-order chi connectivity index (χ1) is 25.9. The number of fused-ring (bicyclic) bond motifs is 6. The molecule has 0 spiro atoms. The summed E-state index contributed by atoms with van der Waals surface area (Å²) >= 11 is 0. The van der Waals surface area contributed by atoms with Crippen LogP contribution in [0.4, 0.5) is 22.7 Å². The molecule has 14 heteroatoms. The number of hydrogen-bond acceptors (Lipinski definition) is 10. The quantitative estimate of drug-likeness (QED) is 0.118. The summed E-state index contributed by atoms with van der Waals surface area (Å²) in [6.45, 7) is 7.10. The molecule has 14 nitrogen and oxygen atoms in total. The van der Waals surface area contributed by atoms with Gasteiger partial charge in [0, 0.05) is 0 Å². The van der Waals surface area contributed by atoms with Gasteiger partial charge >= 0.3 is 0 Å². The van der Waals surface area contributed by atoms with E-state index in [2.05, 4.69) is 30.4 Å².